The predicted molar refractivity (Wildman–Crippen MR) is 44.3 cm³/mol. The normalized spacial score (nSPS) is 10.8. The summed E-state index contributed by atoms with van der Waals surface area (Å²) < 4.78 is 35.6. The Kier molecular flexibility index (Phi) is 3.99. The Morgan fingerprint density at radius 3 is 2.00 bits per heavy atom. The molecule has 0 amide bonds. The Morgan fingerprint density at radius 1 is 0.938 bits per heavy atom. The number of nitrogen functional groups attached to an aromatic ring is 1. The Balaban J connectivity index is 0.000000221. The van der Waals surface area contributed by atoms with Gasteiger partial charge >= 0.3 is 0 Å². The van der Waals surface area contributed by atoms with Crippen LogP contribution >= 0.6 is 0 Å². The predicted octanol–water partition coefficient (Wildman–Crippen LogP) is -3.91. The smallest absolute Gasteiger partial charge is 0.222 e. The summed E-state index contributed by atoms with van der Waals surface area (Å²) in [6.45, 7) is 0. The zero-order valence-electron chi connectivity index (χ0n) is 8.08. The lowest BCUT2D eigenvalue weighted by atomic mass is 10.2. The highest BCUT2D eigenvalue weighted by Crippen LogP contribution is 2.05. The van der Waals surface area contributed by atoms with Gasteiger partial charge in [-0.3, -0.25) is 0 Å². The van der Waals surface area contributed by atoms with Crippen LogP contribution in [-0.4, -0.2) is 0 Å². The number of rotatable bonds is 0. The summed E-state index contributed by atoms with van der Waals surface area (Å²) >= 11 is 0. The van der Waals surface area contributed by atoms with Crippen molar-refractivity contribution in [1.82, 2.24) is 0 Å². The molecule has 2 N–H and O–H groups in total. The quantitative estimate of drug-likeness (QED) is 0.375. The molecule has 0 aliphatic carbocycles. The molecule has 16 heavy (non-hydrogen) atoms. The Labute approximate surface area is 93.5 Å². The first-order valence-electron chi connectivity index (χ1n) is 4.14. The van der Waals surface area contributed by atoms with Crippen LogP contribution in [0.3, 0.4) is 0 Å². The Hall–Kier alpha value is -1.44. The highest BCUT2D eigenvalue weighted by atomic mass is 35.7. The van der Waals surface area contributed by atoms with Crippen molar-refractivity contribution < 1.29 is 33.6 Å². The van der Waals surface area contributed by atoms with E-state index in [9.17, 15) is 0 Å². The van der Waals surface area contributed by atoms with Gasteiger partial charge in [-0.25, -0.2) is 24.5 Å². The van der Waals surface area contributed by atoms with Crippen molar-refractivity contribution in [2.24, 2.45) is 0 Å². The summed E-state index contributed by atoms with van der Waals surface area (Å²) in [6.07, 6.45) is 1.84. The van der Waals surface area contributed by atoms with Gasteiger partial charge in [0.2, 0.25) is 5.52 Å². The van der Waals surface area contributed by atoms with E-state index < -0.39 is 10.2 Å². The number of halogens is 1. The van der Waals surface area contributed by atoms with E-state index in [2.05, 4.69) is 0 Å². The minimum absolute atomic E-state index is 1.05. The van der Waals surface area contributed by atoms with Crippen LogP contribution in [0.4, 0.5) is 0 Å². The van der Waals surface area contributed by atoms with Gasteiger partial charge in [-0.2, -0.15) is 0 Å². The molecule has 0 aliphatic heterocycles. The standard InChI is InChI=1S/C9H9N2.ClHO4/c10-11-7-3-5-8-4-1-2-6-9(8)11;2-1(3,4)5/h1-7H,10H2;(H,2,3,4,5)/q+1;/p-1. The molecule has 0 radical (unpaired) electrons. The Bertz CT molecular complexity index is 461. The summed E-state index contributed by atoms with van der Waals surface area (Å²) in [6, 6.07) is 12.0. The van der Waals surface area contributed by atoms with Gasteiger partial charge in [0.05, 0.1) is 0 Å². The van der Waals surface area contributed by atoms with Crippen molar-refractivity contribution >= 4 is 10.9 Å². The average molecular weight is 245 g/mol. The van der Waals surface area contributed by atoms with E-state index in [1.807, 2.05) is 42.6 Å². The van der Waals surface area contributed by atoms with Crippen molar-refractivity contribution in [3.8, 4) is 0 Å². The van der Waals surface area contributed by atoms with E-state index in [-0.39, 0.29) is 0 Å². The van der Waals surface area contributed by atoms with Crippen LogP contribution < -0.4 is 29.2 Å². The first-order chi connectivity index (χ1) is 7.38. The molecule has 0 aliphatic rings. The van der Waals surface area contributed by atoms with Gasteiger partial charge in [0.1, 0.15) is 0 Å². The van der Waals surface area contributed by atoms with E-state index in [1.54, 1.807) is 4.68 Å². The molecule has 86 valence electrons. The van der Waals surface area contributed by atoms with Gasteiger partial charge in [0, 0.05) is 17.5 Å². The van der Waals surface area contributed by atoms with E-state index in [4.69, 9.17) is 24.5 Å². The SMILES string of the molecule is N[n+]1cccc2ccccc21.[O-][Cl+3]([O-])([O-])[O-]. The lowest BCUT2D eigenvalue weighted by Crippen LogP contribution is -2.68. The number of para-hydroxylation sites is 1. The third-order valence-electron chi connectivity index (χ3n) is 1.74. The molecule has 6 nitrogen and oxygen atoms in total. The highest BCUT2D eigenvalue weighted by molar-refractivity contribution is 5.74. The second-order valence-corrected chi connectivity index (χ2v) is 3.61. The fourth-order valence-electron chi connectivity index (χ4n) is 1.18. The van der Waals surface area contributed by atoms with Crippen LogP contribution in [0.25, 0.3) is 10.9 Å². The lowest BCUT2D eigenvalue weighted by Gasteiger charge is -2.17. The molecule has 1 heterocycles. The number of aromatic nitrogens is 1. The Morgan fingerprint density at radius 2 is 1.44 bits per heavy atom. The molecule has 1 aromatic heterocycles. The summed E-state index contributed by atoms with van der Waals surface area (Å²) in [5.41, 5.74) is 1.05. The fourth-order valence-corrected chi connectivity index (χ4v) is 1.18. The fraction of sp³-hybridized carbons (Fsp3) is 0. The minimum Gasteiger partial charge on any atom is -0.222 e. The molecule has 0 bridgehead atoms. The topological polar surface area (TPSA) is 122 Å². The third-order valence-corrected chi connectivity index (χ3v) is 1.74. The first kappa shape index (κ1) is 12.6. The van der Waals surface area contributed by atoms with Gasteiger partial charge in [-0.05, 0) is 12.1 Å². The van der Waals surface area contributed by atoms with Crippen LogP contribution in [0.1, 0.15) is 0 Å². The number of fused-ring (bicyclic) bond motifs is 1. The number of benzene rings is 1. The molecule has 2 aromatic rings. The zero-order valence-corrected chi connectivity index (χ0v) is 8.83. The van der Waals surface area contributed by atoms with E-state index in [1.165, 1.54) is 0 Å². The average Bonchev–Trinajstić information content (AvgIpc) is 2.16. The molecule has 0 unspecified atom stereocenters. The van der Waals surface area contributed by atoms with Crippen LogP contribution in [0.15, 0.2) is 42.6 Å². The molecule has 0 saturated carbocycles. The second kappa shape index (κ2) is 5.06. The van der Waals surface area contributed by atoms with Gasteiger partial charge in [-0.15, -0.1) is 10.2 Å². The molecule has 0 spiro atoms. The third kappa shape index (κ3) is 4.39. The molecule has 0 saturated heterocycles. The summed E-state index contributed by atoms with van der Waals surface area (Å²) in [5, 5.41) is 1.16. The second-order valence-electron chi connectivity index (χ2n) is 2.85. The number of hydrogen-bond acceptors (Lipinski definition) is 5. The molecule has 0 fully saturated rings. The van der Waals surface area contributed by atoms with Crippen LogP contribution in [-0.2, 0) is 0 Å². The molecular formula is C9H9ClN2O4. The van der Waals surface area contributed by atoms with E-state index >= 15 is 0 Å². The molecule has 2 rings (SSSR count). The maximum atomic E-state index is 8.49. The van der Waals surface area contributed by atoms with E-state index in [0.29, 0.717) is 0 Å². The molecule has 0 atom stereocenters. The summed E-state index contributed by atoms with van der Waals surface area (Å²) in [5.74, 6) is 5.67. The largest absolute Gasteiger partial charge is 0.242 e. The van der Waals surface area contributed by atoms with Gasteiger partial charge in [0.25, 0.3) is 0 Å². The van der Waals surface area contributed by atoms with Crippen molar-refractivity contribution in [1.29, 1.82) is 0 Å². The number of pyridine rings is 1. The minimum atomic E-state index is -4.94. The van der Waals surface area contributed by atoms with Crippen molar-refractivity contribution in [2.75, 3.05) is 5.84 Å². The van der Waals surface area contributed by atoms with Gasteiger partial charge in [0.15, 0.2) is 6.20 Å². The van der Waals surface area contributed by atoms with Gasteiger partial charge < -0.3 is 0 Å². The number of nitrogens with two attached hydrogens (primary N) is 1. The number of hydrogen-bond donors (Lipinski definition) is 1. The number of nitrogens with zero attached hydrogens (tertiary/aromatic N) is 1. The molecule has 7 heteroatoms. The maximum Gasteiger partial charge on any atom is 0.242 e. The van der Waals surface area contributed by atoms with Gasteiger partial charge in [-0.1, -0.05) is 16.8 Å². The summed E-state index contributed by atoms with van der Waals surface area (Å²) in [4.78, 5) is 0. The molecule has 1 aromatic carbocycles. The van der Waals surface area contributed by atoms with Crippen LogP contribution in [0.5, 0.6) is 0 Å². The summed E-state index contributed by atoms with van der Waals surface area (Å²) in [7, 11) is -4.94. The van der Waals surface area contributed by atoms with Crippen LogP contribution in [0, 0.1) is 10.2 Å². The monoisotopic (exact) mass is 244 g/mol. The zero-order chi connectivity index (χ0) is 12.2. The first-order valence-corrected chi connectivity index (χ1v) is 5.37. The van der Waals surface area contributed by atoms with Crippen molar-refractivity contribution in [3.05, 3.63) is 42.6 Å². The highest BCUT2D eigenvalue weighted by Gasteiger charge is 2.00. The van der Waals surface area contributed by atoms with Crippen molar-refractivity contribution in [2.45, 2.75) is 0 Å². The lowest BCUT2D eigenvalue weighted by molar-refractivity contribution is -2.00. The van der Waals surface area contributed by atoms with Crippen molar-refractivity contribution in [3.63, 3.8) is 0 Å². The maximum absolute atomic E-state index is 8.49. The molecular weight excluding hydrogens is 236 g/mol. The van der Waals surface area contributed by atoms with Crippen LogP contribution in [0.2, 0.25) is 0 Å². The van der Waals surface area contributed by atoms with E-state index in [0.717, 1.165) is 10.9 Å².